The SMILES string of the molecule is C[C@H]1c2nn(C)c(-c3cc(F)c(F)c(F)c3)c2CCN1C(=O)c1[nH]nc2ncc(F)cc12.O=C(O)C(F)(F)F. The second-order valence-electron chi connectivity index (χ2n) is 8.44. The van der Waals surface area contributed by atoms with Crippen LogP contribution in [0.5, 0.6) is 0 Å². The number of nitrogens with one attached hydrogen (secondary N) is 1. The van der Waals surface area contributed by atoms with Crippen molar-refractivity contribution in [2.24, 2.45) is 7.05 Å². The molecule has 16 heteroatoms. The summed E-state index contributed by atoms with van der Waals surface area (Å²) in [6.45, 7) is 2.05. The van der Waals surface area contributed by atoms with E-state index in [0.717, 1.165) is 23.9 Å². The summed E-state index contributed by atoms with van der Waals surface area (Å²) in [5, 5.41) is 18.4. The Kier molecular flexibility index (Phi) is 7.06. The maximum atomic E-state index is 13.8. The molecule has 1 amide bonds. The number of pyridine rings is 1. The van der Waals surface area contributed by atoms with Crippen LogP contribution in [0.4, 0.5) is 30.7 Å². The van der Waals surface area contributed by atoms with Crippen LogP contribution in [0.1, 0.15) is 34.7 Å². The number of aliphatic carboxylic acids is 1. The average Bonchev–Trinajstić information content (AvgIpc) is 3.42. The quantitative estimate of drug-likeness (QED) is 0.280. The fourth-order valence-electron chi connectivity index (χ4n) is 4.26. The maximum absolute atomic E-state index is 13.8. The zero-order chi connectivity index (χ0) is 28.8. The number of halogens is 7. The van der Waals surface area contributed by atoms with E-state index < -0.39 is 47.4 Å². The van der Waals surface area contributed by atoms with Gasteiger partial charge in [-0.2, -0.15) is 23.4 Å². The number of H-pyrrole nitrogens is 1. The number of carboxylic acids is 1. The molecule has 39 heavy (non-hydrogen) atoms. The molecule has 0 fully saturated rings. The van der Waals surface area contributed by atoms with Gasteiger partial charge in [0.15, 0.2) is 23.1 Å². The van der Waals surface area contributed by atoms with Gasteiger partial charge < -0.3 is 10.0 Å². The molecular weight excluding hydrogens is 541 g/mol. The molecule has 5 rings (SSSR count). The Hall–Kier alpha value is -4.50. The van der Waals surface area contributed by atoms with E-state index in [4.69, 9.17) is 9.90 Å². The summed E-state index contributed by atoms with van der Waals surface area (Å²) in [6.07, 6.45) is -3.71. The number of hydrogen-bond donors (Lipinski definition) is 2. The van der Waals surface area contributed by atoms with Crippen molar-refractivity contribution in [2.45, 2.75) is 25.6 Å². The monoisotopic (exact) mass is 558 g/mol. The van der Waals surface area contributed by atoms with Gasteiger partial charge in [-0.15, -0.1) is 0 Å². The van der Waals surface area contributed by atoms with Crippen LogP contribution in [-0.2, 0) is 18.3 Å². The molecule has 4 heterocycles. The minimum absolute atomic E-state index is 0.112. The standard InChI is InChI=1S/C21H16F4N6O.C2HF3O2/c1-9-17-12(19(30(2)29-17)10-5-14(23)16(25)15(24)6-10)3-4-31(9)21(32)18-13-7-11(22)8-26-20(13)28-27-18;3-2(4,5)1(6)7/h5-9H,3-4H2,1-2H3,(H,26,27,28);(H,6,7)/t9-;/m0./s1. The highest BCUT2D eigenvalue weighted by Crippen LogP contribution is 2.37. The largest absolute Gasteiger partial charge is 0.490 e. The molecule has 1 atom stereocenters. The van der Waals surface area contributed by atoms with Crippen molar-refractivity contribution in [2.75, 3.05) is 6.54 Å². The van der Waals surface area contributed by atoms with Crippen molar-refractivity contribution < 1.29 is 45.4 Å². The van der Waals surface area contributed by atoms with Gasteiger partial charge in [0.2, 0.25) is 0 Å². The molecule has 0 saturated carbocycles. The third-order valence-electron chi connectivity index (χ3n) is 5.99. The summed E-state index contributed by atoms with van der Waals surface area (Å²) in [7, 11) is 1.61. The first-order chi connectivity index (χ1) is 18.2. The van der Waals surface area contributed by atoms with Crippen molar-refractivity contribution in [3.63, 3.8) is 0 Å². The van der Waals surface area contributed by atoms with Gasteiger partial charge >= 0.3 is 12.1 Å². The molecule has 2 N–H and O–H groups in total. The van der Waals surface area contributed by atoms with Crippen molar-refractivity contribution in [3.8, 4) is 11.3 Å². The van der Waals surface area contributed by atoms with E-state index in [0.29, 0.717) is 17.8 Å². The van der Waals surface area contributed by atoms with Gasteiger partial charge in [-0.05, 0) is 31.5 Å². The maximum Gasteiger partial charge on any atom is 0.490 e. The van der Waals surface area contributed by atoms with Crippen LogP contribution in [-0.4, -0.2) is 59.6 Å². The zero-order valence-corrected chi connectivity index (χ0v) is 19.9. The van der Waals surface area contributed by atoms with E-state index in [1.165, 1.54) is 10.7 Å². The number of rotatable bonds is 2. The van der Waals surface area contributed by atoms with Crippen molar-refractivity contribution in [1.82, 2.24) is 29.9 Å². The molecule has 4 aromatic rings. The number of aryl methyl sites for hydroxylation is 1. The molecular formula is C23H17F7N6O3. The molecule has 3 aromatic heterocycles. The predicted molar refractivity (Wildman–Crippen MR) is 119 cm³/mol. The van der Waals surface area contributed by atoms with Gasteiger partial charge in [0.1, 0.15) is 11.5 Å². The number of fused-ring (bicyclic) bond motifs is 2. The lowest BCUT2D eigenvalue weighted by Crippen LogP contribution is -2.39. The molecule has 1 aliphatic heterocycles. The van der Waals surface area contributed by atoms with E-state index >= 15 is 0 Å². The van der Waals surface area contributed by atoms with E-state index in [1.54, 1.807) is 18.9 Å². The van der Waals surface area contributed by atoms with Crippen molar-refractivity contribution in [1.29, 1.82) is 0 Å². The Labute approximate surface area is 213 Å². The molecule has 0 spiro atoms. The normalized spacial score (nSPS) is 15.1. The second kappa shape index (κ2) is 9.99. The van der Waals surface area contributed by atoms with Gasteiger partial charge in [0.05, 0.1) is 29.0 Å². The highest BCUT2D eigenvalue weighted by Gasteiger charge is 2.38. The minimum Gasteiger partial charge on any atom is -0.475 e. The van der Waals surface area contributed by atoms with Gasteiger partial charge in [-0.1, -0.05) is 0 Å². The van der Waals surface area contributed by atoms with Crippen LogP contribution in [0.25, 0.3) is 22.3 Å². The van der Waals surface area contributed by atoms with Crippen LogP contribution >= 0.6 is 0 Å². The third-order valence-corrected chi connectivity index (χ3v) is 5.99. The molecule has 0 radical (unpaired) electrons. The Morgan fingerprint density at radius 1 is 1.10 bits per heavy atom. The summed E-state index contributed by atoms with van der Waals surface area (Å²) < 4.78 is 87.9. The summed E-state index contributed by atoms with van der Waals surface area (Å²) in [4.78, 5) is 27.5. The Morgan fingerprint density at radius 2 is 1.72 bits per heavy atom. The van der Waals surface area contributed by atoms with Crippen LogP contribution in [0.2, 0.25) is 0 Å². The molecule has 0 aliphatic carbocycles. The number of aromatic nitrogens is 5. The molecule has 0 saturated heterocycles. The summed E-state index contributed by atoms with van der Waals surface area (Å²) in [6, 6.07) is 2.56. The number of hydrogen-bond acceptors (Lipinski definition) is 5. The number of aromatic amines is 1. The Morgan fingerprint density at radius 3 is 2.31 bits per heavy atom. The van der Waals surface area contributed by atoms with Crippen molar-refractivity contribution in [3.05, 3.63) is 64.6 Å². The topological polar surface area (TPSA) is 117 Å². The number of alkyl halides is 3. The third kappa shape index (κ3) is 5.13. The Balaban J connectivity index is 0.000000448. The molecule has 0 bridgehead atoms. The smallest absolute Gasteiger partial charge is 0.475 e. The van der Waals surface area contributed by atoms with Gasteiger partial charge in [-0.25, -0.2) is 27.3 Å². The van der Waals surface area contributed by atoms with Gasteiger partial charge in [-0.3, -0.25) is 14.6 Å². The average molecular weight is 558 g/mol. The number of carboxylic acid groups (broad SMARTS) is 1. The molecule has 1 aromatic carbocycles. The van der Waals surface area contributed by atoms with Gasteiger partial charge in [0, 0.05) is 24.7 Å². The van der Waals surface area contributed by atoms with Gasteiger partial charge in [0.25, 0.3) is 5.91 Å². The molecule has 206 valence electrons. The van der Waals surface area contributed by atoms with Crippen LogP contribution in [0.3, 0.4) is 0 Å². The number of carbonyl (C=O) groups excluding carboxylic acids is 1. The zero-order valence-electron chi connectivity index (χ0n) is 19.9. The summed E-state index contributed by atoms with van der Waals surface area (Å²) in [5.74, 6) is -7.86. The fraction of sp³-hybridized carbons (Fsp3) is 0.261. The van der Waals surface area contributed by atoms with E-state index in [2.05, 4.69) is 20.3 Å². The summed E-state index contributed by atoms with van der Waals surface area (Å²) >= 11 is 0. The second-order valence-corrected chi connectivity index (χ2v) is 8.44. The number of carbonyl (C=O) groups is 2. The van der Waals surface area contributed by atoms with Crippen LogP contribution in [0, 0.1) is 23.3 Å². The predicted octanol–water partition coefficient (Wildman–Crippen LogP) is 4.31. The van der Waals surface area contributed by atoms with Crippen LogP contribution < -0.4 is 0 Å². The molecule has 0 unspecified atom stereocenters. The van der Waals surface area contributed by atoms with E-state index in [-0.39, 0.29) is 28.8 Å². The lowest BCUT2D eigenvalue weighted by molar-refractivity contribution is -0.192. The highest BCUT2D eigenvalue weighted by molar-refractivity contribution is 6.04. The first kappa shape index (κ1) is 27.5. The van der Waals surface area contributed by atoms with Crippen LogP contribution in [0.15, 0.2) is 24.4 Å². The Bertz CT molecular complexity index is 1570. The number of nitrogens with zero attached hydrogens (tertiary/aromatic N) is 5. The first-order valence-corrected chi connectivity index (χ1v) is 11.0. The lowest BCUT2D eigenvalue weighted by Gasteiger charge is -2.32. The molecule has 9 nitrogen and oxygen atoms in total. The minimum atomic E-state index is -5.08. The molecule has 1 aliphatic rings. The fourth-order valence-corrected chi connectivity index (χ4v) is 4.26. The number of amides is 1. The lowest BCUT2D eigenvalue weighted by atomic mass is 9.95. The van der Waals surface area contributed by atoms with E-state index in [9.17, 15) is 35.5 Å². The van der Waals surface area contributed by atoms with Crippen molar-refractivity contribution >= 4 is 22.9 Å². The highest BCUT2D eigenvalue weighted by atomic mass is 19.4. The summed E-state index contributed by atoms with van der Waals surface area (Å²) in [5.41, 5.74) is 2.22. The first-order valence-electron chi connectivity index (χ1n) is 11.0. The van der Waals surface area contributed by atoms with E-state index in [1.807, 2.05) is 0 Å². The number of benzene rings is 1.